The number of hydrogen-bond donors (Lipinski definition) is 2. The summed E-state index contributed by atoms with van der Waals surface area (Å²) in [5.74, 6) is 0.163. The third-order valence-electron chi connectivity index (χ3n) is 5.68. The highest BCUT2D eigenvalue weighted by atomic mass is 35.5. The fourth-order valence-electron chi connectivity index (χ4n) is 4.08. The van der Waals surface area contributed by atoms with E-state index in [9.17, 15) is 14.7 Å². The van der Waals surface area contributed by atoms with Crippen molar-refractivity contribution < 1.29 is 24.2 Å². The molecule has 3 aromatic rings. The van der Waals surface area contributed by atoms with Gasteiger partial charge in [-0.1, -0.05) is 54.1 Å². The van der Waals surface area contributed by atoms with Crippen LogP contribution in [0.1, 0.15) is 32.6 Å². The minimum atomic E-state index is -1.43. The summed E-state index contributed by atoms with van der Waals surface area (Å²) in [5, 5.41) is 12.8. The molecule has 1 aliphatic rings. The van der Waals surface area contributed by atoms with E-state index in [1.807, 2.05) is 55.5 Å². The lowest BCUT2D eigenvalue weighted by Gasteiger charge is -2.28. The Morgan fingerprint density at radius 1 is 1.03 bits per heavy atom. The maximum absolute atomic E-state index is 13.1. The summed E-state index contributed by atoms with van der Waals surface area (Å²) in [5.41, 5.74) is 2.87. The van der Waals surface area contributed by atoms with Gasteiger partial charge >= 0.3 is 6.16 Å². The van der Waals surface area contributed by atoms with Gasteiger partial charge in [0.15, 0.2) is 5.72 Å². The van der Waals surface area contributed by atoms with Gasteiger partial charge in [0.1, 0.15) is 5.75 Å². The van der Waals surface area contributed by atoms with Gasteiger partial charge in [0.2, 0.25) is 0 Å². The molecule has 0 aromatic heterocycles. The average molecular weight is 466 g/mol. The van der Waals surface area contributed by atoms with Crippen molar-refractivity contribution >= 4 is 23.7 Å². The summed E-state index contributed by atoms with van der Waals surface area (Å²) >= 11 is 6.03. The number of fused-ring (bicyclic) bond motifs is 1. The highest BCUT2D eigenvalue weighted by Crippen LogP contribution is 2.32. The first-order chi connectivity index (χ1) is 15.8. The molecule has 1 aliphatic carbocycles. The van der Waals surface area contributed by atoms with Crippen LogP contribution in [0.5, 0.6) is 5.75 Å². The molecule has 0 heterocycles. The van der Waals surface area contributed by atoms with Crippen molar-refractivity contribution in [2.45, 2.75) is 31.9 Å². The molecule has 0 saturated heterocycles. The Hall–Kier alpha value is -3.51. The second-order valence-corrected chi connectivity index (χ2v) is 8.58. The lowest BCUT2D eigenvalue weighted by molar-refractivity contribution is -0.0299. The lowest BCUT2D eigenvalue weighted by Crippen LogP contribution is -2.52. The Morgan fingerprint density at radius 2 is 1.76 bits per heavy atom. The quantitative estimate of drug-likeness (QED) is 0.370. The Balaban J connectivity index is 1.46. The average Bonchev–Trinajstić information content (AvgIpc) is 3.11. The van der Waals surface area contributed by atoms with Gasteiger partial charge in [-0.3, -0.25) is 4.79 Å². The van der Waals surface area contributed by atoms with E-state index in [0.717, 1.165) is 22.3 Å². The molecule has 0 saturated carbocycles. The normalized spacial score (nSPS) is 13.8. The fourth-order valence-corrected chi connectivity index (χ4v) is 4.29. The van der Waals surface area contributed by atoms with Crippen LogP contribution in [0.3, 0.4) is 0 Å². The highest BCUT2D eigenvalue weighted by Gasteiger charge is 2.42. The minimum Gasteiger partial charge on any atom is -0.493 e. The topological polar surface area (TPSA) is 84.9 Å². The summed E-state index contributed by atoms with van der Waals surface area (Å²) in [6.45, 7) is 2.33. The zero-order valence-corrected chi connectivity index (χ0v) is 18.9. The van der Waals surface area contributed by atoms with Crippen LogP contribution in [-0.4, -0.2) is 29.5 Å². The van der Waals surface area contributed by atoms with Gasteiger partial charge in [-0.15, -0.1) is 0 Å². The van der Waals surface area contributed by atoms with Crippen LogP contribution in [0.4, 0.5) is 4.79 Å². The van der Waals surface area contributed by atoms with E-state index < -0.39 is 17.8 Å². The number of benzene rings is 3. The number of ether oxygens (including phenoxy) is 2. The number of rotatable bonds is 7. The fraction of sp³-hybridized carbons (Fsp3) is 0.231. The van der Waals surface area contributed by atoms with Gasteiger partial charge in [-0.25, -0.2) is 4.79 Å². The van der Waals surface area contributed by atoms with Gasteiger partial charge < -0.3 is 19.9 Å². The van der Waals surface area contributed by atoms with Crippen LogP contribution in [0.25, 0.3) is 0 Å². The number of hydrogen-bond acceptors (Lipinski definition) is 4. The zero-order valence-electron chi connectivity index (χ0n) is 18.1. The molecule has 170 valence electrons. The molecule has 4 rings (SSSR count). The van der Waals surface area contributed by atoms with Gasteiger partial charge in [0, 0.05) is 29.8 Å². The van der Waals surface area contributed by atoms with Crippen LogP contribution in [0.2, 0.25) is 5.02 Å². The predicted molar refractivity (Wildman–Crippen MR) is 125 cm³/mol. The maximum atomic E-state index is 13.1. The van der Waals surface area contributed by atoms with Crippen molar-refractivity contribution in [3.63, 3.8) is 0 Å². The number of carboxylic acid groups (broad SMARTS) is 1. The summed E-state index contributed by atoms with van der Waals surface area (Å²) in [7, 11) is 0. The predicted octanol–water partition coefficient (Wildman–Crippen LogP) is 5.19. The van der Waals surface area contributed by atoms with E-state index in [-0.39, 0.29) is 12.8 Å². The largest absolute Gasteiger partial charge is 0.507 e. The number of carbonyl (C=O) groups excluding carboxylic acids is 1. The smallest absolute Gasteiger partial charge is 0.493 e. The SMILES string of the molecule is Cc1ccc(C(=O)NC2(OC(=O)O)Cc3ccccc3C2)cc1OCCc1cccc(Cl)c1. The molecule has 6 nitrogen and oxygen atoms in total. The Kier molecular flexibility index (Phi) is 6.56. The van der Waals surface area contributed by atoms with Crippen molar-refractivity contribution in [2.24, 2.45) is 0 Å². The zero-order chi connectivity index (χ0) is 23.4. The van der Waals surface area contributed by atoms with Crippen LogP contribution in [0.15, 0.2) is 66.7 Å². The van der Waals surface area contributed by atoms with Crippen molar-refractivity contribution in [3.05, 3.63) is 99.6 Å². The van der Waals surface area contributed by atoms with E-state index >= 15 is 0 Å². The van der Waals surface area contributed by atoms with Gasteiger partial charge in [-0.05, 0) is 53.4 Å². The van der Waals surface area contributed by atoms with Crippen LogP contribution in [-0.2, 0) is 24.0 Å². The molecule has 0 aliphatic heterocycles. The third-order valence-corrected chi connectivity index (χ3v) is 5.92. The van der Waals surface area contributed by atoms with Crippen LogP contribution in [0, 0.1) is 6.92 Å². The van der Waals surface area contributed by atoms with Crippen molar-refractivity contribution in [2.75, 3.05) is 6.61 Å². The van der Waals surface area contributed by atoms with E-state index in [1.54, 1.807) is 18.2 Å². The molecule has 0 unspecified atom stereocenters. The molecule has 0 fully saturated rings. The molecular weight excluding hydrogens is 442 g/mol. The maximum Gasteiger partial charge on any atom is 0.507 e. The standard InChI is InChI=1S/C26H24ClNO5/c1-17-9-10-19(14-23(17)32-12-11-18-5-4-8-22(27)13-18)24(29)28-26(33-25(30)31)15-20-6-2-3-7-21(20)16-26/h2-10,13-14H,11-12,15-16H2,1H3,(H,28,29)(H,30,31). The second-order valence-electron chi connectivity index (χ2n) is 8.15. The first-order valence-electron chi connectivity index (χ1n) is 10.6. The van der Waals surface area contributed by atoms with E-state index in [4.69, 9.17) is 21.1 Å². The summed E-state index contributed by atoms with van der Waals surface area (Å²) in [6, 6.07) is 20.3. The Morgan fingerprint density at radius 3 is 2.42 bits per heavy atom. The first-order valence-corrected chi connectivity index (χ1v) is 11.0. The summed E-state index contributed by atoms with van der Waals surface area (Å²) in [6.07, 6.45) is -0.215. The van der Waals surface area contributed by atoms with Gasteiger partial charge in [-0.2, -0.15) is 0 Å². The molecule has 3 aromatic carbocycles. The van der Waals surface area contributed by atoms with E-state index in [0.29, 0.717) is 29.4 Å². The molecule has 0 radical (unpaired) electrons. The number of nitrogens with one attached hydrogen (secondary N) is 1. The molecule has 0 bridgehead atoms. The summed E-state index contributed by atoms with van der Waals surface area (Å²) in [4.78, 5) is 24.5. The number of carbonyl (C=O) groups is 2. The van der Waals surface area contributed by atoms with Crippen molar-refractivity contribution in [1.82, 2.24) is 5.32 Å². The minimum absolute atomic E-state index is 0.274. The number of aryl methyl sites for hydroxylation is 1. The molecular formula is C26H24ClNO5. The Labute approximate surface area is 197 Å². The van der Waals surface area contributed by atoms with E-state index in [1.165, 1.54) is 0 Å². The van der Waals surface area contributed by atoms with E-state index in [2.05, 4.69) is 5.32 Å². The van der Waals surface area contributed by atoms with Gasteiger partial charge in [0.25, 0.3) is 5.91 Å². The first kappa shape index (κ1) is 22.7. The monoisotopic (exact) mass is 465 g/mol. The molecule has 0 atom stereocenters. The highest BCUT2D eigenvalue weighted by molar-refractivity contribution is 6.30. The molecule has 7 heteroatoms. The second kappa shape index (κ2) is 9.55. The number of halogens is 1. The molecule has 1 amide bonds. The summed E-state index contributed by atoms with van der Waals surface area (Å²) < 4.78 is 11.1. The third kappa shape index (κ3) is 5.46. The van der Waals surface area contributed by atoms with Crippen LogP contribution >= 0.6 is 11.6 Å². The molecule has 0 spiro atoms. The van der Waals surface area contributed by atoms with Crippen molar-refractivity contribution in [1.29, 1.82) is 0 Å². The lowest BCUT2D eigenvalue weighted by atomic mass is 10.1. The number of amides is 1. The molecule has 2 N–H and O–H groups in total. The Bertz CT molecular complexity index is 1170. The van der Waals surface area contributed by atoms with Gasteiger partial charge in [0.05, 0.1) is 6.61 Å². The van der Waals surface area contributed by atoms with Crippen LogP contribution < -0.4 is 10.1 Å². The molecule has 33 heavy (non-hydrogen) atoms. The van der Waals surface area contributed by atoms with Crippen molar-refractivity contribution in [3.8, 4) is 5.75 Å².